The van der Waals surface area contributed by atoms with Gasteiger partial charge in [-0.1, -0.05) is 29.0 Å². The highest BCUT2D eigenvalue weighted by molar-refractivity contribution is 14.1. The van der Waals surface area contributed by atoms with Gasteiger partial charge in [-0.3, -0.25) is 0 Å². The topological polar surface area (TPSA) is 29.4 Å². The van der Waals surface area contributed by atoms with Gasteiger partial charge in [0.15, 0.2) is 0 Å². The van der Waals surface area contributed by atoms with Crippen LogP contribution in [0.1, 0.15) is 19.3 Å². The number of halogens is 1. The van der Waals surface area contributed by atoms with Gasteiger partial charge in [-0.25, -0.2) is 9.79 Å². The van der Waals surface area contributed by atoms with Crippen LogP contribution in [0.15, 0.2) is 4.99 Å². The highest BCUT2D eigenvalue weighted by Crippen LogP contribution is 2.27. The highest BCUT2D eigenvalue weighted by Gasteiger charge is 2.23. The Morgan fingerprint density at radius 2 is 2.33 bits per heavy atom. The van der Waals surface area contributed by atoms with E-state index in [2.05, 4.69) is 27.6 Å². The molecule has 0 amide bonds. The molecule has 50 valence electrons. The lowest BCUT2D eigenvalue weighted by molar-refractivity contribution is 0.557. The van der Waals surface area contributed by atoms with Gasteiger partial charge < -0.3 is 0 Å². The van der Waals surface area contributed by atoms with Crippen LogP contribution in [0.5, 0.6) is 0 Å². The lowest BCUT2D eigenvalue weighted by Crippen LogP contribution is -2.08. The van der Waals surface area contributed by atoms with Crippen molar-refractivity contribution < 1.29 is 4.79 Å². The van der Waals surface area contributed by atoms with Gasteiger partial charge in [-0.05, 0) is 12.8 Å². The van der Waals surface area contributed by atoms with Crippen LogP contribution >= 0.6 is 22.6 Å². The number of carbonyl (C=O) groups excluding carboxylic acids is 1. The molecule has 0 bridgehead atoms. The molecule has 1 aliphatic carbocycles. The van der Waals surface area contributed by atoms with E-state index in [9.17, 15) is 4.79 Å². The molecule has 0 unspecified atom stereocenters. The van der Waals surface area contributed by atoms with E-state index < -0.39 is 0 Å². The monoisotopic (exact) mass is 237 g/mol. The fourth-order valence-electron chi connectivity index (χ4n) is 1.11. The molecule has 0 spiro atoms. The van der Waals surface area contributed by atoms with Crippen molar-refractivity contribution in [2.24, 2.45) is 4.99 Å². The average molecular weight is 237 g/mol. The second-order valence-electron chi connectivity index (χ2n) is 2.23. The molecule has 0 aromatic heterocycles. The van der Waals surface area contributed by atoms with Crippen molar-refractivity contribution in [3.8, 4) is 0 Å². The summed E-state index contributed by atoms with van der Waals surface area (Å²) in [6.45, 7) is 0. The maximum absolute atomic E-state index is 9.81. The van der Waals surface area contributed by atoms with E-state index in [-0.39, 0.29) is 6.04 Å². The summed E-state index contributed by atoms with van der Waals surface area (Å²) in [5.74, 6) is 0. The molecular weight excluding hydrogens is 229 g/mol. The van der Waals surface area contributed by atoms with E-state index in [4.69, 9.17) is 0 Å². The minimum Gasteiger partial charge on any atom is -0.211 e. The van der Waals surface area contributed by atoms with Gasteiger partial charge in [0.2, 0.25) is 6.08 Å². The Labute approximate surface area is 67.9 Å². The zero-order valence-corrected chi connectivity index (χ0v) is 7.17. The summed E-state index contributed by atoms with van der Waals surface area (Å²) in [4.78, 5) is 13.5. The fraction of sp³-hybridized carbons (Fsp3) is 0.833. The van der Waals surface area contributed by atoms with Crippen LogP contribution in [-0.2, 0) is 4.79 Å². The van der Waals surface area contributed by atoms with Gasteiger partial charge >= 0.3 is 0 Å². The number of aliphatic imine (C=N–C) groups is 1. The van der Waals surface area contributed by atoms with Crippen LogP contribution in [0.4, 0.5) is 0 Å². The SMILES string of the molecule is O=C=N[C@H]1CCC[C@@H]1I. The Balaban J connectivity index is 2.49. The molecule has 3 heteroatoms. The predicted molar refractivity (Wildman–Crippen MR) is 43.6 cm³/mol. The molecule has 1 fully saturated rings. The summed E-state index contributed by atoms with van der Waals surface area (Å²) in [7, 11) is 0. The normalized spacial score (nSPS) is 33.9. The van der Waals surface area contributed by atoms with Gasteiger partial charge in [0.05, 0.1) is 6.04 Å². The molecule has 1 saturated carbocycles. The molecular formula is C6H8INO. The Morgan fingerprint density at radius 3 is 2.78 bits per heavy atom. The van der Waals surface area contributed by atoms with E-state index >= 15 is 0 Å². The summed E-state index contributed by atoms with van der Waals surface area (Å²) in [5.41, 5.74) is 0. The molecule has 2 nitrogen and oxygen atoms in total. The minimum absolute atomic E-state index is 0.267. The molecule has 1 rings (SSSR count). The maximum Gasteiger partial charge on any atom is 0.235 e. The molecule has 0 heterocycles. The Hall–Kier alpha value is 0.110. The molecule has 0 aliphatic heterocycles. The summed E-state index contributed by atoms with van der Waals surface area (Å²) in [6.07, 6.45) is 5.10. The number of isocyanates is 1. The van der Waals surface area contributed by atoms with Crippen molar-refractivity contribution in [3.05, 3.63) is 0 Å². The van der Waals surface area contributed by atoms with Crippen LogP contribution in [0.2, 0.25) is 0 Å². The summed E-state index contributed by atoms with van der Waals surface area (Å²) < 4.78 is 0.573. The molecule has 0 aromatic rings. The molecule has 1 aliphatic rings. The van der Waals surface area contributed by atoms with Gasteiger partial charge in [0, 0.05) is 3.92 Å². The van der Waals surface area contributed by atoms with Crippen LogP contribution in [-0.4, -0.2) is 16.0 Å². The highest BCUT2D eigenvalue weighted by atomic mass is 127. The smallest absolute Gasteiger partial charge is 0.211 e. The van der Waals surface area contributed by atoms with Crippen molar-refractivity contribution in [3.63, 3.8) is 0 Å². The van der Waals surface area contributed by atoms with Crippen molar-refractivity contribution in [1.82, 2.24) is 0 Å². The van der Waals surface area contributed by atoms with Crippen LogP contribution in [0, 0.1) is 0 Å². The zero-order valence-electron chi connectivity index (χ0n) is 5.01. The van der Waals surface area contributed by atoms with Crippen molar-refractivity contribution in [2.45, 2.75) is 29.2 Å². The van der Waals surface area contributed by atoms with Crippen LogP contribution in [0.3, 0.4) is 0 Å². The third kappa shape index (κ3) is 1.76. The molecule has 0 radical (unpaired) electrons. The molecule has 9 heavy (non-hydrogen) atoms. The van der Waals surface area contributed by atoms with Crippen LogP contribution < -0.4 is 0 Å². The Morgan fingerprint density at radius 1 is 1.56 bits per heavy atom. The van der Waals surface area contributed by atoms with Crippen molar-refractivity contribution >= 4 is 28.7 Å². The van der Waals surface area contributed by atoms with Gasteiger partial charge in [0.1, 0.15) is 0 Å². The lowest BCUT2D eigenvalue weighted by Gasteiger charge is -2.02. The summed E-state index contributed by atoms with van der Waals surface area (Å²) in [6, 6.07) is 0.267. The third-order valence-electron chi connectivity index (χ3n) is 1.62. The first-order chi connectivity index (χ1) is 4.34. The first kappa shape index (κ1) is 7.22. The van der Waals surface area contributed by atoms with Crippen LogP contribution in [0.25, 0.3) is 0 Å². The molecule has 0 saturated heterocycles. The fourth-order valence-corrected chi connectivity index (χ4v) is 2.07. The van der Waals surface area contributed by atoms with Gasteiger partial charge in [0.25, 0.3) is 0 Å². The first-order valence-corrected chi connectivity index (χ1v) is 4.30. The minimum atomic E-state index is 0.267. The second kappa shape index (κ2) is 3.32. The Kier molecular flexibility index (Phi) is 2.66. The van der Waals surface area contributed by atoms with Gasteiger partial charge in [-0.15, -0.1) is 0 Å². The number of alkyl halides is 1. The Bertz CT molecular complexity index is 142. The van der Waals surface area contributed by atoms with E-state index in [0.717, 1.165) is 6.42 Å². The largest absolute Gasteiger partial charge is 0.235 e. The number of nitrogens with zero attached hydrogens (tertiary/aromatic N) is 1. The third-order valence-corrected chi connectivity index (χ3v) is 3.07. The second-order valence-corrected chi connectivity index (χ2v) is 3.83. The van der Waals surface area contributed by atoms with E-state index in [1.165, 1.54) is 12.8 Å². The van der Waals surface area contributed by atoms with E-state index in [1.807, 2.05) is 0 Å². The first-order valence-electron chi connectivity index (χ1n) is 3.05. The quantitative estimate of drug-likeness (QED) is 0.295. The number of hydrogen-bond donors (Lipinski definition) is 0. The average Bonchev–Trinajstić information content (AvgIpc) is 2.18. The molecule has 2 atom stereocenters. The maximum atomic E-state index is 9.81. The lowest BCUT2D eigenvalue weighted by atomic mass is 10.3. The van der Waals surface area contributed by atoms with Crippen molar-refractivity contribution in [1.29, 1.82) is 0 Å². The number of rotatable bonds is 1. The zero-order chi connectivity index (χ0) is 6.69. The van der Waals surface area contributed by atoms with E-state index in [1.54, 1.807) is 6.08 Å². The summed E-state index contributed by atoms with van der Waals surface area (Å²) >= 11 is 2.34. The standard InChI is InChI=1S/C6H8INO/c7-5-2-1-3-6(5)8-4-9/h5-6H,1-3H2/t5-,6-/m0/s1. The molecule has 0 N–H and O–H groups in total. The van der Waals surface area contributed by atoms with E-state index in [0.29, 0.717) is 3.92 Å². The van der Waals surface area contributed by atoms with Crippen molar-refractivity contribution in [2.75, 3.05) is 0 Å². The van der Waals surface area contributed by atoms with Gasteiger partial charge in [-0.2, -0.15) is 0 Å². The predicted octanol–water partition coefficient (Wildman–Crippen LogP) is 1.68. The summed E-state index contributed by atoms with van der Waals surface area (Å²) in [5, 5.41) is 0. The molecule has 0 aromatic carbocycles. The number of hydrogen-bond acceptors (Lipinski definition) is 2.